The largest absolute Gasteiger partial charge is 0.459 e. The van der Waals surface area contributed by atoms with Gasteiger partial charge in [-0.15, -0.1) is 0 Å². The molecule has 14 heavy (non-hydrogen) atoms. The monoisotopic (exact) mass is 195 g/mol. The van der Waals surface area contributed by atoms with Gasteiger partial charge in [0.15, 0.2) is 11.5 Å². The molecule has 76 valence electrons. The Bertz CT molecular complexity index is 326. The molecule has 1 aromatic rings. The predicted octanol–water partition coefficient (Wildman–Crippen LogP) is 1.32. The number of Topliss-reactive ketones (excluding diaryl/α,β-unsaturated/α-hetero) is 1. The van der Waals surface area contributed by atoms with Gasteiger partial charge in [0.05, 0.1) is 25.2 Å². The molecule has 4 nitrogen and oxygen atoms in total. The summed E-state index contributed by atoms with van der Waals surface area (Å²) < 4.78 is 10.4. The minimum Gasteiger partial charge on any atom is -0.459 e. The van der Waals surface area contributed by atoms with Gasteiger partial charge in [-0.2, -0.15) is 0 Å². The van der Waals surface area contributed by atoms with Gasteiger partial charge < -0.3 is 14.1 Å². The van der Waals surface area contributed by atoms with Crippen molar-refractivity contribution in [3.05, 3.63) is 18.1 Å². The second-order valence-corrected chi connectivity index (χ2v) is 3.29. The highest BCUT2D eigenvalue weighted by Crippen LogP contribution is 2.23. The Morgan fingerprint density at radius 1 is 1.43 bits per heavy atom. The summed E-state index contributed by atoms with van der Waals surface area (Å²) in [7, 11) is 0. The van der Waals surface area contributed by atoms with Crippen LogP contribution in [0.2, 0.25) is 0 Å². The number of ether oxygens (including phenoxy) is 1. The third-order valence-electron chi connectivity index (χ3n) is 2.32. The minimum absolute atomic E-state index is 0.0310. The van der Waals surface area contributed by atoms with E-state index in [-0.39, 0.29) is 5.78 Å². The van der Waals surface area contributed by atoms with Crippen molar-refractivity contribution in [1.82, 2.24) is 0 Å². The Hall–Kier alpha value is -1.29. The van der Waals surface area contributed by atoms with E-state index in [1.807, 2.05) is 6.07 Å². The molecule has 2 heterocycles. The predicted molar refractivity (Wildman–Crippen MR) is 51.7 cm³/mol. The first kappa shape index (κ1) is 9.27. The van der Waals surface area contributed by atoms with Gasteiger partial charge in [0.2, 0.25) is 0 Å². The highest BCUT2D eigenvalue weighted by Gasteiger charge is 2.19. The Kier molecular flexibility index (Phi) is 2.54. The highest BCUT2D eigenvalue weighted by atomic mass is 16.5. The molecular weight excluding hydrogens is 182 g/mol. The number of nitrogens with zero attached hydrogens (tertiary/aromatic N) is 1. The van der Waals surface area contributed by atoms with E-state index < -0.39 is 0 Å². The van der Waals surface area contributed by atoms with Gasteiger partial charge in [0.25, 0.3) is 0 Å². The summed E-state index contributed by atoms with van der Waals surface area (Å²) >= 11 is 0. The molecule has 0 unspecified atom stereocenters. The van der Waals surface area contributed by atoms with E-state index in [1.165, 1.54) is 6.92 Å². The maximum atomic E-state index is 11.2. The molecule has 1 fully saturated rings. The number of hydrogen-bond acceptors (Lipinski definition) is 4. The molecule has 0 amide bonds. The van der Waals surface area contributed by atoms with E-state index in [2.05, 4.69) is 4.90 Å². The van der Waals surface area contributed by atoms with E-state index in [0.717, 1.165) is 18.8 Å². The molecule has 1 aliphatic rings. The number of morpholine rings is 1. The van der Waals surface area contributed by atoms with Crippen molar-refractivity contribution in [3.8, 4) is 0 Å². The van der Waals surface area contributed by atoms with E-state index >= 15 is 0 Å². The summed E-state index contributed by atoms with van der Waals surface area (Å²) in [6.45, 7) is 4.58. The van der Waals surface area contributed by atoms with Gasteiger partial charge in [-0.1, -0.05) is 0 Å². The van der Waals surface area contributed by atoms with Crippen molar-refractivity contribution in [3.63, 3.8) is 0 Å². The number of furan rings is 1. The number of anilines is 1. The van der Waals surface area contributed by atoms with E-state index in [0.29, 0.717) is 19.0 Å². The smallest absolute Gasteiger partial charge is 0.197 e. The molecule has 0 N–H and O–H groups in total. The van der Waals surface area contributed by atoms with Crippen LogP contribution in [0, 0.1) is 0 Å². The highest BCUT2D eigenvalue weighted by molar-refractivity contribution is 5.96. The summed E-state index contributed by atoms with van der Waals surface area (Å²) in [6, 6.07) is 1.84. The molecule has 0 spiro atoms. The average Bonchev–Trinajstić information content (AvgIpc) is 2.67. The molecule has 0 saturated carbocycles. The van der Waals surface area contributed by atoms with Crippen molar-refractivity contribution in [2.75, 3.05) is 31.2 Å². The van der Waals surface area contributed by atoms with Crippen LogP contribution in [0.25, 0.3) is 0 Å². The number of carbonyl (C=O) groups is 1. The van der Waals surface area contributed by atoms with Crippen LogP contribution >= 0.6 is 0 Å². The van der Waals surface area contributed by atoms with E-state index in [9.17, 15) is 4.79 Å². The topological polar surface area (TPSA) is 42.7 Å². The van der Waals surface area contributed by atoms with Gasteiger partial charge in [0, 0.05) is 26.1 Å². The second kappa shape index (κ2) is 3.84. The van der Waals surface area contributed by atoms with Gasteiger partial charge in [-0.25, -0.2) is 0 Å². The number of rotatable bonds is 2. The lowest BCUT2D eigenvalue weighted by Crippen LogP contribution is -2.36. The van der Waals surface area contributed by atoms with Crippen LogP contribution in [0.15, 0.2) is 16.7 Å². The lowest BCUT2D eigenvalue weighted by molar-refractivity contribution is 0.0985. The summed E-state index contributed by atoms with van der Waals surface area (Å²) in [4.78, 5) is 13.3. The number of hydrogen-bond donors (Lipinski definition) is 0. The zero-order valence-electron chi connectivity index (χ0n) is 8.16. The third kappa shape index (κ3) is 1.65. The van der Waals surface area contributed by atoms with E-state index in [4.69, 9.17) is 9.15 Å². The van der Waals surface area contributed by atoms with Gasteiger partial charge >= 0.3 is 0 Å². The Morgan fingerprint density at radius 3 is 2.79 bits per heavy atom. The van der Waals surface area contributed by atoms with Crippen LogP contribution in [0.1, 0.15) is 17.5 Å². The normalized spacial score (nSPS) is 17.1. The Labute approximate surface area is 82.4 Å². The Balaban J connectivity index is 2.21. The SMILES string of the molecule is CC(=O)c1occc1N1CCOCC1. The standard InChI is InChI=1S/C10H13NO3/c1-8(12)10-9(2-5-14-10)11-3-6-13-7-4-11/h2,5H,3-4,6-7H2,1H3. The second-order valence-electron chi connectivity index (χ2n) is 3.29. The van der Waals surface area contributed by atoms with Crippen LogP contribution in [0.3, 0.4) is 0 Å². The molecule has 0 radical (unpaired) electrons. The molecule has 0 aliphatic carbocycles. The molecule has 4 heteroatoms. The first-order chi connectivity index (χ1) is 6.79. The lowest BCUT2D eigenvalue weighted by atomic mass is 10.2. The first-order valence-electron chi connectivity index (χ1n) is 4.70. The number of carbonyl (C=O) groups excluding carboxylic acids is 1. The fourth-order valence-corrected chi connectivity index (χ4v) is 1.62. The number of ketones is 1. The fraction of sp³-hybridized carbons (Fsp3) is 0.500. The molecule has 1 saturated heterocycles. The van der Waals surface area contributed by atoms with E-state index in [1.54, 1.807) is 6.26 Å². The molecular formula is C10H13NO3. The molecule has 1 aromatic heterocycles. The van der Waals surface area contributed by atoms with Gasteiger partial charge in [0.1, 0.15) is 0 Å². The van der Waals surface area contributed by atoms with Crippen molar-refractivity contribution in [1.29, 1.82) is 0 Å². The lowest BCUT2D eigenvalue weighted by Gasteiger charge is -2.27. The summed E-state index contributed by atoms with van der Waals surface area (Å²) in [5.41, 5.74) is 0.890. The quantitative estimate of drug-likeness (QED) is 0.667. The van der Waals surface area contributed by atoms with Crippen molar-refractivity contribution >= 4 is 11.5 Å². The summed E-state index contributed by atoms with van der Waals surface area (Å²) in [5.74, 6) is 0.420. The minimum atomic E-state index is -0.0310. The molecule has 0 bridgehead atoms. The maximum absolute atomic E-state index is 11.2. The fourth-order valence-electron chi connectivity index (χ4n) is 1.62. The first-order valence-corrected chi connectivity index (χ1v) is 4.70. The van der Waals surface area contributed by atoms with Crippen LogP contribution < -0.4 is 4.90 Å². The summed E-state index contributed by atoms with van der Waals surface area (Å²) in [6.07, 6.45) is 1.56. The van der Waals surface area contributed by atoms with Crippen molar-refractivity contribution in [2.24, 2.45) is 0 Å². The molecule has 2 rings (SSSR count). The molecule has 0 atom stereocenters. The molecule has 1 aliphatic heterocycles. The third-order valence-corrected chi connectivity index (χ3v) is 2.32. The van der Waals surface area contributed by atoms with Crippen LogP contribution in [0.4, 0.5) is 5.69 Å². The van der Waals surface area contributed by atoms with Gasteiger partial charge in [-0.3, -0.25) is 4.79 Å². The van der Waals surface area contributed by atoms with Crippen LogP contribution in [-0.2, 0) is 4.74 Å². The average molecular weight is 195 g/mol. The molecule has 0 aromatic carbocycles. The van der Waals surface area contributed by atoms with Gasteiger partial charge in [-0.05, 0) is 0 Å². The summed E-state index contributed by atoms with van der Waals surface area (Å²) in [5, 5.41) is 0. The zero-order valence-corrected chi connectivity index (χ0v) is 8.16. The van der Waals surface area contributed by atoms with Crippen LogP contribution in [0.5, 0.6) is 0 Å². The van der Waals surface area contributed by atoms with Crippen LogP contribution in [-0.4, -0.2) is 32.1 Å². The Morgan fingerprint density at radius 2 is 2.14 bits per heavy atom. The van der Waals surface area contributed by atoms with Crippen molar-refractivity contribution in [2.45, 2.75) is 6.92 Å². The van der Waals surface area contributed by atoms with Crippen molar-refractivity contribution < 1.29 is 13.9 Å². The zero-order chi connectivity index (χ0) is 9.97. The maximum Gasteiger partial charge on any atom is 0.197 e.